The number of nitrogens with one attached hydrogen (secondary N) is 1. The minimum absolute atomic E-state index is 0.660. The normalized spacial score (nSPS) is 19.6. The van der Waals surface area contributed by atoms with E-state index in [0.717, 1.165) is 25.6 Å². The number of hydrogen-bond acceptors (Lipinski definition) is 2. The van der Waals surface area contributed by atoms with Gasteiger partial charge in [-0.25, -0.2) is 0 Å². The molecule has 1 heterocycles. The van der Waals surface area contributed by atoms with Crippen LogP contribution in [0.4, 0.5) is 0 Å². The quantitative estimate of drug-likeness (QED) is 0.506. The van der Waals surface area contributed by atoms with Gasteiger partial charge in [0.05, 0.1) is 0 Å². The monoisotopic (exact) mass is 225 g/mol. The Labute approximate surface area is 100 Å². The Bertz CT molecular complexity index is 176. The highest BCUT2D eigenvalue weighted by molar-refractivity contribution is 4.70. The molecule has 0 aromatic rings. The van der Waals surface area contributed by atoms with Gasteiger partial charge in [-0.3, -0.25) is 0 Å². The first kappa shape index (κ1) is 13.7. The minimum atomic E-state index is 0.660. The maximum Gasteiger partial charge on any atom is 0.0469 e. The topological polar surface area (TPSA) is 21.3 Å². The SMILES string of the molecule is C=CCCCCC(C)NCC1CCOCC1. The summed E-state index contributed by atoms with van der Waals surface area (Å²) >= 11 is 0. The average Bonchev–Trinajstić information content (AvgIpc) is 2.33. The zero-order chi connectivity index (χ0) is 11.6. The molecular formula is C14H27NO. The Morgan fingerprint density at radius 1 is 1.38 bits per heavy atom. The summed E-state index contributed by atoms with van der Waals surface area (Å²) in [6.45, 7) is 9.14. The summed E-state index contributed by atoms with van der Waals surface area (Å²) in [6, 6.07) is 0.660. The van der Waals surface area contributed by atoms with Gasteiger partial charge >= 0.3 is 0 Å². The second-order valence-corrected chi connectivity index (χ2v) is 4.94. The van der Waals surface area contributed by atoms with Crippen molar-refractivity contribution < 1.29 is 4.74 Å². The van der Waals surface area contributed by atoms with Crippen LogP contribution in [0, 0.1) is 5.92 Å². The van der Waals surface area contributed by atoms with Crippen molar-refractivity contribution in [2.75, 3.05) is 19.8 Å². The molecule has 0 spiro atoms. The molecule has 0 aliphatic carbocycles. The number of unbranched alkanes of at least 4 members (excludes halogenated alkanes) is 2. The van der Waals surface area contributed by atoms with Gasteiger partial charge in [0.25, 0.3) is 0 Å². The summed E-state index contributed by atoms with van der Waals surface area (Å²) in [6.07, 6.45) is 9.52. The molecule has 0 radical (unpaired) electrons. The third kappa shape index (κ3) is 6.29. The second kappa shape index (κ2) is 8.77. The zero-order valence-corrected chi connectivity index (χ0v) is 10.7. The first-order valence-electron chi connectivity index (χ1n) is 6.75. The summed E-state index contributed by atoms with van der Waals surface area (Å²) in [5.41, 5.74) is 0. The van der Waals surface area contributed by atoms with Gasteiger partial charge < -0.3 is 10.1 Å². The summed E-state index contributed by atoms with van der Waals surface area (Å²) in [4.78, 5) is 0. The van der Waals surface area contributed by atoms with Gasteiger partial charge in [0.15, 0.2) is 0 Å². The van der Waals surface area contributed by atoms with Crippen LogP contribution in [0.15, 0.2) is 12.7 Å². The van der Waals surface area contributed by atoms with Crippen LogP contribution in [0.5, 0.6) is 0 Å². The lowest BCUT2D eigenvalue weighted by molar-refractivity contribution is 0.0655. The predicted molar refractivity (Wildman–Crippen MR) is 69.7 cm³/mol. The lowest BCUT2D eigenvalue weighted by Crippen LogP contribution is -2.33. The zero-order valence-electron chi connectivity index (χ0n) is 10.7. The number of rotatable bonds is 8. The molecule has 1 fully saturated rings. The number of hydrogen-bond donors (Lipinski definition) is 1. The molecule has 2 nitrogen and oxygen atoms in total. The molecule has 2 heteroatoms. The molecule has 1 saturated heterocycles. The fraction of sp³-hybridized carbons (Fsp3) is 0.857. The Morgan fingerprint density at radius 2 is 2.12 bits per heavy atom. The van der Waals surface area contributed by atoms with Crippen LogP contribution in [0.2, 0.25) is 0 Å². The maximum atomic E-state index is 5.36. The molecular weight excluding hydrogens is 198 g/mol. The van der Waals surface area contributed by atoms with Crippen molar-refractivity contribution in [3.8, 4) is 0 Å². The summed E-state index contributed by atoms with van der Waals surface area (Å²) in [5.74, 6) is 0.837. The first-order valence-corrected chi connectivity index (χ1v) is 6.75. The van der Waals surface area contributed by atoms with E-state index in [1.807, 2.05) is 6.08 Å². The standard InChI is InChI=1S/C14H27NO/c1-3-4-5-6-7-13(2)15-12-14-8-10-16-11-9-14/h3,13-15H,1,4-12H2,2H3. The van der Waals surface area contributed by atoms with E-state index in [9.17, 15) is 0 Å². The molecule has 16 heavy (non-hydrogen) atoms. The van der Waals surface area contributed by atoms with Crippen LogP contribution >= 0.6 is 0 Å². The molecule has 0 aromatic heterocycles. The van der Waals surface area contributed by atoms with Gasteiger partial charge in [-0.15, -0.1) is 6.58 Å². The Hall–Kier alpha value is -0.340. The molecule has 0 amide bonds. The average molecular weight is 225 g/mol. The van der Waals surface area contributed by atoms with Crippen molar-refractivity contribution in [3.05, 3.63) is 12.7 Å². The van der Waals surface area contributed by atoms with E-state index in [4.69, 9.17) is 4.74 Å². The van der Waals surface area contributed by atoms with E-state index < -0.39 is 0 Å². The van der Waals surface area contributed by atoms with Crippen molar-refractivity contribution in [2.45, 2.75) is 51.5 Å². The van der Waals surface area contributed by atoms with Gasteiger partial charge in [-0.2, -0.15) is 0 Å². The van der Waals surface area contributed by atoms with Crippen LogP contribution < -0.4 is 5.32 Å². The van der Waals surface area contributed by atoms with Gasteiger partial charge in [-0.1, -0.05) is 12.5 Å². The minimum Gasteiger partial charge on any atom is -0.381 e. The van der Waals surface area contributed by atoms with E-state index in [-0.39, 0.29) is 0 Å². The second-order valence-electron chi connectivity index (χ2n) is 4.94. The van der Waals surface area contributed by atoms with Gasteiger partial charge in [-0.05, 0) is 51.5 Å². The number of ether oxygens (including phenoxy) is 1. The molecule has 1 unspecified atom stereocenters. The molecule has 0 bridgehead atoms. The van der Waals surface area contributed by atoms with Crippen LogP contribution in [0.3, 0.4) is 0 Å². The van der Waals surface area contributed by atoms with E-state index >= 15 is 0 Å². The molecule has 1 rings (SSSR count). The summed E-state index contributed by atoms with van der Waals surface area (Å²) < 4.78 is 5.36. The lowest BCUT2D eigenvalue weighted by atomic mass is 9.99. The smallest absolute Gasteiger partial charge is 0.0469 e. The van der Waals surface area contributed by atoms with Gasteiger partial charge in [0.1, 0.15) is 0 Å². The van der Waals surface area contributed by atoms with Crippen LogP contribution in [-0.2, 0) is 4.74 Å². The third-order valence-electron chi connectivity index (χ3n) is 3.39. The van der Waals surface area contributed by atoms with Crippen LogP contribution in [0.25, 0.3) is 0 Å². The van der Waals surface area contributed by atoms with Crippen molar-refractivity contribution in [1.29, 1.82) is 0 Å². The maximum absolute atomic E-state index is 5.36. The first-order chi connectivity index (χ1) is 7.83. The molecule has 0 saturated carbocycles. The lowest BCUT2D eigenvalue weighted by Gasteiger charge is -2.24. The predicted octanol–water partition coefficient (Wildman–Crippen LogP) is 3.14. The van der Waals surface area contributed by atoms with E-state index in [1.165, 1.54) is 38.6 Å². The van der Waals surface area contributed by atoms with Gasteiger partial charge in [0, 0.05) is 19.3 Å². The number of allylic oxidation sites excluding steroid dienone is 1. The Morgan fingerprint density at radius 3 is 2.81 bits per heavy atom. The summed E-state index contributed by atoms with van der Waals surface area (Å²) in [5, 5.41) is 3.65. The molecule has 1 N–H and O–H groups in total. The largest absolute Gasteiger partial charge is 0.381 e. The van der Waals surface area contributed by atoms with E-state index in [2.05, 4.69) is 18.8 Å². The Kier molecular flexibility index (Phi) is 7.52. The van der Waals surface area contributed by atoms with E-state index in [0.29, 0.717) is 6.04 Å². The Balaban J connectivity index is 1.96. The van der Waals surface area contributed by atoms with Gasteiger partial charge in [0.2, 0.25) is 0 Å². The molecule has 1 aliphatic heterocycles. The fourth-order valence-corrected chi connectivity index (χ4v) is 2.16. The van der Waals surface area contributed by atoms with Crippen molar-refractivity contribution >= 4 is 0 Å². The van der Waals surface area contributed by atoms with Crippen molar-refractivity contribution in [3.63, 3.8) is 0 Å². The van der Waals surface area contributed by atoms with Crippen molar-refractivity contribution in [1.82, 2.24) is 5.32 Å². The van der Waals surface area contributed by atoms with Crippen LogP contribution in [-0.4, -0.2) is 25.8 Å². The molecule has 1 aliphatic rings. The van der Waals surface area contributed by atoms with Crippen LogP contribution in [0.1, 0.15) is 45.4 Å². The fourth-order valence-electron chi connectivity index (χ4n) is 2.16. The highest BCUT2D eigenvalue weighted by Gasteiger charge is 2.14. The third-order valence-corrected chi connectivity index (χ3v) is 3.39. The molecule has 1 atom stereocenters. The highest BCUT2D eigenvalue weighted by atomic mass is 16.5. The van der Waals surface area contributed by atoms with E-state index in [1.54, 1.807) is 0 Å². The molecule has 0 aromatic carbocycles. The highest BCUT2D eigenvalue weighted by Crippen LogP contribution is 2.14. The summed E-state index contributed by atoms with van der Waals surface area (Å²) in [7, 11) is 0. The molecule has 94 valence electrons. The van der Waals surface area contributed by atoms with Crippen molar-refractivity contribution in [2.24, 2.45) is 5.92 Å².